The third kappa shape index (κ3) is 4.80. The van der Waals surface area contributed by atoms with Gasteiger partial charge in [0.05, 0.1) is 6.61 Å². The first-order valence-corrected chi connectivity index (χ1v) is 8.13. The lowest BCUT2D eigenvalue weighted by atomic mass is 9.84. The molecule has 1 aromatic rings. The molecule has 0 bridgehead atoms. The van der Waals surface area contributed by atoms with Crippen LogP contribution in [0.2, 0.25) is 0 Å². The molecule has 1 aromatic carbocycles. The Hall–Kier alpha value is -0.900. The maximum absolute atomic E-state index is 6.25. The van der Waals surface area contributed by atoms with E-state index in [0.717, 1.165) is 32.4 Å². The molecule has 0 aliphatic rings. The fourth-order valence-electron chi connectivity index (χ4n) is 3.07. The van der Waals surface area contributed by atoms with Crippen LogP contribution in [-0.4, -0.2) is 43.3 Å². The third-order valence-corrected chi connectivity index (χ3v) is 4.68. The minimum absolute atomic E-state index is 0.00924. The summed E-state index contributed by atoms with van der Waals surface area (Å²) in [5.41, 5.74) is 7.61. The van der Waals surface area contributed by atoms with Crippen molar-refractivity contribution in [2.75, 3.05) is 26.8 Å². The zero-order chi connectivity index (χ0) is 15.7. The van der Waals surface area contributed by atoms with Crippen LogP contribution in [-0.2, 0) is 11.2 Å². The molecule has 2 atom stereocenters. The Morgan fingerprint density at radius 3 is 2.38 bits per heavy atom. The maximum atomic E-state index is 6.25. The van der Waals surface area contributed by atoms with E-state index >= 15 is 0 Å². The molecular formula is C18H32N2O. The Morgan fingerprint density at radius 2 is 1.90 bits per heavy atom. The molecule has 0 fully saturated rings. The van der Waals surface area contributed by atoms with Crippen molar-refractivity contribution in [3.05, 3.63) is 35.9 Å². The second-order valence-corrected chi connectivity index (χ2v) is 5.89. The minimum Gasteiger partial charge on any atom is -0.383 e. The lowest BCUT2D eigenvalue weighted by Crippen LogP contribution is -2.59. The van der Waals surface area contributed by atoms with E-state index < -0.39 is 0 Å². The fraction of sp³-hybridized carbons (Fsp3) is 0.667. The first-order valence-electron chi connectivity index (χ1n) is 8.13. The number of rotatable bonds is 10. The van der Waals surface area contributed by atoms with Gasteiger partial charge in [-0.3, -0.25) is 4.90 Å². The van der Waals surface area contributed by atoms with Crippen molar-refractivity contribution in [2.24, 2.45) is 5.73 Å². The molecule has 0 amide bonds. The molecule has 2 unspecified atom stereocenters. The predicted molar refractivity (Wildman–Crippen MR) is 90.6 cm³/mol. The van der Waals surface area contributed by atoms with Crippen LogP contribution in [0.25, 0.3) is 0 Å². The van der Waals surface area contributed by atoms with Gasteiger partial charge in [0, 0.05) is 31.8 Å². The van der Waals surface area contributed by atoms with E-state index in [1.54, 1.807) is 7.11 Å². The zero-order valence-corrected chi connectivity index (χ0v) is 14.1. The van der Waals surface area contributed by atoms with Crippen LogP contribution in [0, 0.1) is 0 Å². The van der Waals surface area contributed by atoms with Gasteiger partial charge in [0.15, 0.2) is 0 Å². The molecule has 0 aromatic heterocycles. The highest BCUT2D eigenvalue weighted by Gasteiger charge is 2.36. The maximum Gasteiger partial charge on any atom is 0.0590 e. The van der Waals surface area contributed by atoms with E-state index in [0.29, 0.717) is 12.6 Å². The minimum atomic E-state index is 0.00924. The largest absolute Gasteiger partial charge is 0.383 e. The van der Waals surface area contributed by atoms with E-state index in [-0.39, 0.29) is 5.54 Å². The molecule has 0 heterocycles. The lowest BCUT2D eigenvalue weighted by molar-refractivity contribution is 0.0240. The Morgan fingerprint density at radius 1 is 1.24 bits per heavy atom. The standard InChI is InChI=1S/C18H32N2O/c1-5-16(3)20(12-13-21-4)18(6-2,15-19)14-17-10-8-7-9-11-17/h7-11,16H,5-6,12-15,19H2,1-4H3. The van der Waals surface area contributed by atoms with Gasteiger partial charge in [-0.2, -0.15) is 0 Å². The molecule has 21 heavy (non-hydrogen) atoms. The highest BCUT2D eigenvalue weighted by atomic mass is 16.5. The summed E-state index contributed by atoms with van der Waals surface area (Å²) in [5, 5.41) is 0. The highest BCUT2D eigenvalue weighted by molar-refractivity contribution is 5.18. The van der Waals surface area contributed by atoms with Crippen LogP contribution in [0.1, 0.15) is 39.2 Å². The molecule has 120 valence electrons. The number of hydrogen-bond donors (Lipinski definition) is 1. The first-order chi connectivity index (χ1) is 10.1. The molecule has 0 saturated heterocycles. The Kier molecular flexibility index (Phi) is 7.94. The second kappa shape index (κ2) is 9.19. The quantitative estimate of drug-likeness (QED) is 0.720. The Bertz CT molecular complexity index is 376. The normalized spacial score (nSPS) is 15.9. The Labute approximate surface area is 130 Å². The summed E-state index contributed by atoms with van der Waals surface area (Å²) in [4.78, 5) is 2.56. The van der Waals surface area contributed by atoms with Crippen molar-refractivity contribution in [3.8, 4) is 0 Å². The van der Waals surface area contributed by atoms with Crippen molar-refractivity contribution in [3.63, 3.8) is 0 Å². The average Bonchev–Trinajstić information content (AvgIpc) is 2.54. The van der Waals surface area contributed by atoms with Gasteiger partial charge in [0.2, 0.25) is 0 Å². The van der Waals surface area contributed by atoms with Crippen molar-refractivity contribution in [2.45, 2.75) is 51.6 Å². The predicted octanol–water partition coefficient (Wildman–Crippen LogP) is 3.08. The summed E-state index contributed by atoms with van der Waals surface area (Å²) in [6.07, 6.45) is 3.17. The van der Waals surface area contributed by atoms with Gasteiger partial charge in [-0.05, 0) is 31.7 Å². The van der Waals surface area contributed by atoms with Crippen LogP contribution in [0.3, 0.4) is 0 Å². The summed E-state index contributed by atoms with van der Waals surface area (Å²) in [6, 6.07) is 11.2. The molecule has 0 saturated carbocycles. The van der Waals surface area contributed by atoms with Crippen LogP contribution >= 0.6 is 0 Å². The second-order valence-electron chi connectivity index (χ2n) is 5.89. The summed E-state index contributed by atoms with van der Waals surface area (Å²) in [6.45, 7) is 9.14. The van der Waals surface area contributed by atoms with Gasteiger partial charge in [-0.1, -0.05) is 44.2 Å². The molecule has 1 rings (SSSR count). The van der Waals surface area contributed by atoms with E-state index in [9.17, 15) is 0 Å². The molecule has 0 aliphatic heterocycles. The van der Waals surface area contributed by atoms with Gasteiger partial charge >= 0.3 is 0 Å². The van der Waals surface area contributed by atoms with Gasteiger partial charge in [-0.25, -0.2) is 0 Å². The molecule has 0 aliphatic carbocycles. The van der Waals surface area contributed by atoms with Gasteiger partial charge in [0.1, 0.15) is 0 Å². The van der Waals surface area contributed by atoms with E-state index in [2.05, 4.69) is 56.0 Å². The topological polar surface area (TPSA) is 38.5 Å². The van der Waals surface area contributed by atoms with Crippen LogP contribution in [0.5, 0.6) is 0 Å². The van der Waals surface area contributed by atoms with Crippen molar-refractivity contribution >= 4 is 0 Å². The van der Waals surface area contributed by atoms with Gasteiger partial charge in [0.25, 0.3) is 0 Å². The molecule has 3 heteroatoms. The number of hydrogen-bond acceptors (Lipinski definition) is 3. The Balaban J connectivity index is 3.02. The lowest BCUT2D eigenvalue weighted by Gasteiger charge is -2.46. The van der Waals surface area contributed by atoms with Crippen LogP contribution in [0.15, 0.2) is 30.3 Å². The van der Waals surface area contributed by atoms with Gasteiger partial charge in [-0.15, -0.1) is 0 Å². The van der Waals surface area contributed by atoms with E-state index in [1.807, 2.05) is 0 Å². The van der Waals surface area contributed by atoms with Gasteiger partial charge < -0.3 is 10.5 Å². The third-order valence-electron chi connectivity index (χ3n) is 4.68. The van der Waals surface area contributed by atoms with Crippen molar-refractivity contribution < 1.29 is 4.74 Å². The highest BCUT2D eigenvalue weighted by Crippen LogP contribution is 2.27. The van der Waals surface area contributed by atoms with Crippen LogP contribution in [0.4, 0.5) is 0 Å². The first kappa shape index (κ1) is 18.1. The average molecular weight is 292 g/mol. The summed E-state index contributed by atoms with van der Waals surface area (Å²) in [7, 11) is 1.77. The van der Waals surface area contributed by atoms with Crippen molar-refractivity contribution in [1.29, 1.82) is 0 Å². The number of ether oxygens (including phenoxy) is 1. The molecule has 3 nitrogen and oxygen atoms in total. The van der Waals surface area contributed by atoms with Crippen LogP contribution < -0.4 is 5.73 Å². The molecular weight excluding hydrogens is 260 g/mol. The molecule has 2 N–H and O–H groups in total. The summed E-state index contributed by atoms with van der Waals surface area (Å²) >= 11 is 0. The summed E-state index contributed by atoms with van der Waals surface area (Å²) < 4.78 is 5.32. The monoisotopic (exact) mass is 292 g/mol. The molecule has 0 radical (unpaired) electrons. The summed E-state index contributed by atoms with van der Waals surface area (Å²) in [5.74, 6) is 0. The number of methoxy groups -OCH3 is 1. The van der Waals surface area contributed by atoms with E-state index in [4.69, 9.17) is 10.5 Å². The smallest absolute Gasteiger partial charge is 0.0590 e. The zero-order valence-electron chi connectivity index (χ0n) is 14.1. The number of nitrogens with two attached hydrogens (primary N) is 1. The number of nitrogens with zero attached hydrogens (tertiary/aromatic N) is 1. The number of benzene rings is 1. The fourth-order valence-corrected chi connectivity index (χ4v) is 3.07. The molecule has 0 spiro atoms. The van der Waals surface area contributed by atoms with Crippen molar-refractivity contribution in [1.82, 2.24) is 4.90 Å². The SMILES string of the molecule is CCC(C)N(CCOC)C(CC)(CN)Cc1ccccc1. The van der Waals surface area contributed by atoms with E-state index in [1.165, 1.54) is 5.56 Å².